The SMILES string of the molecule is CCNCC1CCCN(CC2Cc3ccccc3O2)C1. The molecule has 0 aliphatic carbocycles. The maximum absolute atomic E-state index is 6.07. The van der Waals surface area contributed by atoms with Gasteiger partial charge in [-0.15, -0.1) is 0 Å². The summed E-state index contributed by atoms with van der Waals surface area (Å²) in [4.78, 5) is 2.60. The molecule has 3 nitrogen and oxygen atoms in total. The molecular formula is C17H26N2O. The summed E-state index contributed by atoms with van der Waals surface area (Å²) >= 11 is 0. The Labute approximate surface area is 122 Å². The van der Waals surface area contributed by atoms with E-state index in [2.05, 4.69) is 41.4 Å². The first-order chi connectivity index (χ1) is 9.85. The van der Waals surface area contributed by atoms with E-state index in [1.54, 1.807) is 0 Å². The zero-order valence-corrected chi connectivity index (χ0v) is 12.5. The Morgan fingerprint density at radius 3 is 3.10 bits per heavy atom. The van der Waals surface area contributed by atoms with E-state index in [1.165, 1.54) is 38.0 Å². The molecule has 2 heterocycles. The summed E-state index contributed by atoms with van der Waals surface area (Å²) in [6, 6.07) is 8.46. The first kappa shape index (κ1) is 13.9. The zero-order chi connectivity index (χ0) is 13.8. The van der Waals surface area contributed by atoms with Gasteiger partial charge < -0.3 is 10.1 Å². The van der Waals surface area contributed by atoms with Crippen LogP contribution in [-0.4, -0.2) is 43.7 Å². The van der Waals surface area contributed by atoms with Crippen molar-refractivity contribution in [2.45, 2.75) is 32.3 Å². The minimum atomic E-state index is 0.352. The molecule has 0 radical (unpaired) electrons. The number of ether oxygens (including phenoxy) is 1. The molecule has 2 aliphatic heterocycles. The Kier molecular flexibility index (Phi) is 4.58. The van der Waals surface area contributed by atoms with Crippen molar-refractivity contribution in [1.29, 1.82) is 0 Å². The van der Waals surface area contributed by atoms with Crippen molar-refractivity contribution in [2.24, 2.45) is 5.92 Å². The number of hydrogen-bond donors (Lipinski definition) is 1. The van der Waals surface area contributed by atoms with Crippen LogP contribution < -0.4 is 10.1 Å². The molecule has 2 atom stereocenters. The molecule has 1 N–H and O–H groups in total. The Morgan fingerprint density at radius 2 is 2.25 bits per heavy atom. The summed E-state index contributed by atoms with van der Waals surface area (Å²) in [5, 5.41) is 3.49. The molecule has 1 aromatic carbocycles. The second kappa shape index (κ2) is 6.59. The van der Waals surface area contributed by atoms with Crippen molar-refractivity contribution in [1.82, 2.24) is 10.2 Å². The molecule has 0 aromatic heterocycles. The van der Waals surface area contributed by atoms with E-state index in [-0.39, 0.29) is 0 Å². The van der Waals surface area contributed by atoms with Crippen LogP contribution in [0.2, 0.25) is 0 Å². The van der Waals surface area contributed by atoms with Gasteiger partial charge in [0.15, 0.2) is 0 Å². The third kappa shape index (κ3) is 3.33. The molecule has 110 valence electrons. The van der Waals surface area contributed by atoms with Gasteiger partial charge in [-0.1, -0.05) is 25.1 Å². The normalized spacial score (nSPS) is 26.2. The summed E-state index contributed by atoms with van der Waals surface area (Å²) in [5.41, 5.74) is 1.37. The predicted molar refractivity (Wildman–Crippen MR) is 82.3 cm³/mol. The van der Waals surface area contributed by atoms with Gasteiger partial charge in [-0.05, 0) is 50.0 Å². The first-order valence-corrected chi connectivity index (χ1v) is 8.02. The van der Waals surface area contributed by atoms with E-state index < -0.39 is 0 Å². The molecule has 3 rings (SSSR count). The summed E-state index contributed by atoms with van der Waals surface area (Å²) in [7, 11) is 0. The average molecular weight is 274 g/mol. The molecule has 2 aliphatic rings. The highest BCUT2D eigenvalue weighted by Gasteiger charge is 2.27. The fraction of sp³-hybridized carbons (Fsp3) is 0.647. The van der Waals surface area contributed by atoms with Crippen LogP contribution in [0.4, 0.5) is 0 Å². The van der Waals surface area contributed by atoms with Crippen LogP contribution in [0.3, 0.4) is 0 Å². The lowest BCUT2D eigenvalue weighted by Gasteiger charge is -2.34. The molecule has 3 heteroatoms. The fourth-order valence-electron chi connectivity index (χ4n) is 3.48. The van der Waals surface area contributed by atoms with E-state index in [9.17, 15) is 0 Å². The Balaban J connectivity index is 1.49. The molecule has 0 bridgehead atoms. The van der Waals surface area contributed by atoms with Crippen molar-refractivity contribution >= 4 is 0 Å². The summed E-state index contributed by atoms with van der Waals surface area (Å²) in [5.74, 6) is 1.91. The molecule has 1 saturated heterocycles. The summed E-state index contributed by atoms with van der Waals surface area (Å²) in [6.07, 6.45) is 4.13. The zero-order valence-electron chi connectivity index (χ0n) is 12.5. The van der Waals surface area contributed by atoms with Crippen molar-refractivity contribution in [3.63, 3.8) is 0 Å². The summed E-state index contributed by atoms with van der Waals surface area (Å²) < 4.78 is 6.07. The van der Waals surface area contributed by atoms with Gasteiger partial charge in [0.1, 0.15) is 11.9 Å². The molecule has 0 amide bonds. The molecule has 0 spiro atoms. The number of benzene rings is 1. The monoisotopic (exact) mass is 274 g/mol. The average Bonchev–Trinajstić information content (AvgIpc) is 2.87. The van der Waals surface area contributed by atoms with Gasteiger partial charge in [-0.3, -0.25) is 4.90 Å². The number of rotatable bonds is 5. The number of para-hydroxylation sites is 1. The van der Waals surface area contributed by atoms with Crippen molar-refractivity contribution in [3.8, 4) is 5.75 Å². The Bertz CT molecular complexity index is 410. The van der Waals surface area contributed by atoms with E-state index in [0.29, 0.717) is 6.10 Å². The highest BCUT2D eigenvalue weighted by Crippen LogP contribution is 2.29. The number of nitrogens with zero attached hydrogens (tertiary/aromatic N) is 1. The third-order valence-corrected chi connectivity index (χ3v) is 4.46. The lowest BCUT2D eigenvalue weighted by Crippen LogP contribution is -2.43. The molecule has 1 fully saturated rings. The second-order valence-electron chi connectivity index (χ2n) is 6.13. The lowest BCUT2D eigenvalue weighted by atomic mass is 9.97. The van der Waals surface area contributed by atoms with Crippen LogP contribution in [0.1, 0.15) is 25.3 Å². The maximum Gasteiger partial charge on any atom is 0.123 e. The summed E-state index contributed by atoms with van der Waals surface area (Å²) in [6.45, 7) is 7.97. The van der Waals surface area contributed by atoms with Gasteiger partial charge in [-0.2, -0.15) is 0 Å². The largest absolute Gasteiger partial charge is 0.488 e. The highest BCUT2D eigenvalue weighted by atomic mass is 16.5. The number of fused-ring (bicyclic) bond motifs is 1. The van der Waals surface area contributed by atoms with Gasteiger partial charge in [0, 0.05) is 19.5 Å². The van der Waals surface area contributed by atoms with E-state index in [4.69, 9.17) is 4.74 Å². The van der Waals surface area contributed by atoms with E-state index >= 15 is 0 Å². The topological polar surface area (TPSA) is 24.5 Å². The molecule has 20 heavy (non-hydrogen) atoms. The fourth-order valence-corrected chi connectivity index (χ4v) is 3.48. The van der Waals surface area contributed by atoms with Gasteiger partial charge in [-0.25, -0.2) is 0 Å². The maximum atomic E-state index is 6.07. The lowest BCUT2D eigenvalue weighted by molar-refractivity contribution is 0.110. The first-order valence-electron chi connectivity index (χ1n) is 8.02. The standard InChI is InChI=1S/C17H26N2O/c1-2-18-11-14-6-5-9-19(12-14)13-16-10-15-7-3-4-8-17(15)20-16/h3-4,7-8,14,16,18H,2,5-6,9-13H2,1H3. The van der Waals surface area contributed by atoms with Gasteiger partial charge in [0.2, 0.25) is 0 Å². The van der Waals surface area contributed by atoms with Crippen LogP contribution in [0.25, 0.3) is 0 Å². The van der Waals surface area contributed by atoms with Crippen LogP contribution in [0.15, 0.2) is 24.3 Å². The molecule has 1 aromatic rings. The third-order valence-electron chi connectivity index (χ3n) is 4.46. The van der Waals surface area contributed by atoms with Gasteiger partial charge in [0.05, 0.1) is 0 Å². The van der Waals surface area contributed by atoms with E-state index in [0.717, 1.165) is 31.2 Å². The van der Waals surface area contributed by atoms with Crippen molar-refractivity contribution in [2.75, 3.05) is 32.7 Å². The predicted octanol–water partition coefficient (Wildman–Crippen LogP) is 2.31. The minimum Gasteiger partial charge on any atom is -0.488 e. The minimum absolute atomic E-state index is 0.352. The van der Waals surface area contributed by atoms with Crippen LogP contribution >= 0.6 is 0 Å². The molecule has 2 unspecified atom stereocenters. The Hall–Kier alpha value is -1.06. The smallest absolute Gasteiger partial charge is 0.123 e. The number of likely N-dealkylation sites (tertiary alicyclic amines) is 1. The number of nitrogens with one attached hydrogen (secondary N) is 1. The van der Waals surface area contributed by atoms with Crippen molar-refractivity contribution < 1.29 is 4.74 Å². The van der Waals surface area contributed by atoms with Gasteiger partial charge in [0.25, 0.3) is 0 Å². The quantitative estimate of drug-likeness (QED) is 0.892. The van der Waals surface area contributed by atoms with Crippen molar-refractivity contribution in [3.05, 3.63) is 29.8 Å². The molecular weight excluding hydrogens is 248 g/mol. The van der Waals surface area contributed by atoms with Crippen LogP contribution in [0, 0.1) is 5.92 Å². The van der Waals surface area contributed by atoms with E-state index in [1.807, 2.05) is 0 Å². The second-order valence-corrected chi connectivity index (χ2v) is 6.13. The number of piperidine rings is 1. The Morgan fingerprint density at radius 1 is 1.35 bits per heavy atom. The number of hydrogen-bond acceptors (Lipinski definition) is 3. The highest BCUT2D eigenvalue weighted by molar-refractivity contribution is 5.37. The van der Waals surface area contributed by atoms with Gasteiger partial charge >= 0.3 is 0 Å². The van der Waals surface area contributed by atoms with Crippen LogP contribution in [0.5, 0.6) is 5.75 Å². The molecule has 0 saturated carbocycles. The van der Waals surface area contributed by atoms with Crippen LogP contribution in [-0.2, 0) is 6.42 Å².